The van der Waals surface area contributed by atoms with Crippen LogP contribution in [0.15, 0.2) is 48.8 Å². The molecule has 27 heavy (non-hydrogen) atoms. The fourth-order valence-electron chi connectivity index (χ4n) is 2.42. The third-order valence-electron chi connectivity index (χ3n) is 3.79. The van der Waals surface area contributed by atoms with Crippen LogP contribution in [0.3, 0.4) is 0 Å². The Morgan fingerprint density at radius 1 is 1.22 bits per heavy atom. The summed E-state index contributed by atoms with van der Waals surface area (Å²) in [6, 6.07) is 11.3. The minimum atomic E-state index is -0.0687. The largest absolute Gasteiger partial charge is 0.372 e. The van der Waals surface area contributed by atoms with E-state index in [4.69, 9.17) is 16.4 Å². The molecule has 2 heterocycles. The highest BCUT2D eigenvalue weighted by molar-refractivity contribution is 6.30. The number of carbonyl (C=O) groups excluding carboxylic acids is 2. The molecule has 0 atom stereocenters. The fraction of sp³-hybridized carbons (Fsp3) is 0.158. The van der Waals surface area contributed by atoms with Crippen LogP contribution < -0.4 is 11.1 Å². The van der Waals surface area contributed by atoms with Crippen LogP contribution in [-0.4, -0.2) is 27.5 Å². The molecule has 4 N–H and O–H groups in total. The number of halogens is 1. The zero-order valence-electron chi connectivity index (χ0n) is 14.8. The zero-order valence-corrected chi connectivity index (χ0v) is 15.5. The van der Waals surface area contributed by atoms with E-state index in [1.54, 1.807) is 12.4 Å². The third-order valence-corrected chi connectivity index (χ3v) is 4.04. The molecule has 3 aromatic rings. The van der Waals surface area contributed by atoms with Gasteiger partial charge in [0, 0.05) is 35.0 Å². The van der Waals surface area contributed by atoms with Gasteiger partial charge in [-0.2, -0.15) is 5.10 Å². The predicted octanol–water partition coefficient (Wildman–Crippen LogP) is 3.11. The van der Waals surface area contributed by atoms with Crippen molar-refractivity contribution >= 4 is 29.7 Å². The lowest BCUT2D eigenvalue weighted by Crippen LogP contribution is -2.13. The molecule has 8 heteroatoms. The minimum Gasteiger partial charge on any atom is -0.372 e. The Bertz CT molecular complexity index is 879. The molecule has 0 saturated carbocycles. The van der Waals surface area contributed by atoms with Crippen LogP contribution in [-0.2, 0) is 16.0 Å². The topological polar surface area (TPSA) is 114 Å². The van der Waals surface area contributed by atoms with Gasteiger partial charge in [-0.1, -0.05) is 23.7 Å². The number of carbonyl (C=O) groups is 2. The Kier molecular flexibility index (Phi) is 7.51. The van der Waals surface area contributed by atoms with Gasteiger partial charge in [-0.3, -0.25) is 19.7 Å². The molecule has 2 aromatic heterocycles. The molecule has 0 radical (unpaired) electrons. The van der Waals surface area contributed by atoms with Gasteiger partial charge >= 0.3 is 0 Å². The highest BCUT2D eigenvalue weighted by Gasteiger charge is 2.13. The Balaban J connectivity index is 0.000000817. The molecule has 0 saturated heterocycles. The van der Waals surface area contributed by atoms with Crippen LogP contribution in [0.4, 0.5) is 5.82 Å². The summed E-state index contributed by atoms with van der Waals surface area (Å²) < 4.78 is 0. The average molecular weight is 386 g/mol. The van der Waals surface area contributed by atoms with Gasteiger partial charge in [0.05, 0.1) is 5.69 Å². The van der Waals surface area contributed by atoms with Crippen molar-refractivity contribution < 1.29 is 9.59 Å². The Hall–Kier alpha value is -3.19. The van der Waals surface area contributed by atoms with Gasteiger partial charge in [-0.15, -0.1) is 0 Å². The number of aromatic amines is 1. The maximum Gasteiger partial charge on any atom is 0.225 e. The van der Waals surface area contributed by atoms with Gasteiger partial charge in [-0.25, -0.2) is 0 Å². The summed E-state index contributed by atoms with van der Waals surface area (Å²) in [6.45, 7) is 1.92. The first kappa shape index (κ1) is 20.1. The third kappa shape index (κ3) is 5.93. The summed E-state index contributed by atoms with van der Waals surface area (Å²) in [4.78, 5) is 24.7. The summed E-state index contributed by atoms with van der Waals surface area (Å²) in [5.41, 5.74) is 8.01. The lowest BCUT2D eigenvalue weighted by atomic mass is 10.1. The number of nitrogens with zero attached hydrogens (tertiary/aromatic N) is 2. The second kappa shape index (κ2) is 10.1. The molecule has 3 rings (SSSR count). The van der Waals surface area contributed by atoms with Gasteiger partial charge in [0.15, 0.2) is 5.82 Å². The summed E-state index contributed by atoms with van der Waals surface area (Å²) in [5.74, 6) is 0.490. The lowest BCUT2D eigenvalue weighted by Gasteiger charge is -2.04. The number of nitrogens with two attached hydrogens (primary N) is 1. The number of hydrogen-bond acceptors (Lipinski definition) is 4. The number of aromatic nitrogens is 3. The molecule has 2 amide bonds. The van der Waals surface area contributed by atoms with Crippen LogP contribution >= 0.6 is 11.6 Å². The van der Waals surface area contributed by atoms with Crippen molar-refractivity contribution in [1.29, 1.82) is 0 Å². The number of benzene rings is 1. The smallest absolute Gasteiger partial charge is 0.225 e. The quantitative estimate of drug-likeness (QED) is 0.585. The minimum absolute atomic E-state index is 0.0687. The second-order valence-corrected chi connectivity index (χ2v) is 6.06. The van der Waals surface area contributed by atoms with Gasteiger partial charge in [0.2, 0.25) is 12.3 Å². The van der Waals surface area contributed by atoms with E-state index in [0.717, 1.165) is 22.4 Å². The summed E-state index contributed by atoms with van der Waals surface area (Å²) in [5, 5.41) is 10.7. The molecule has 0 fully saturated rings. The van der Waals surface area contributed by atoms with Gasteiger partial charge in [-0.05, 0) is 43.2 Å². The van der Waals surface area contributed by atoms with Crippen LogP contribution in [0.5, 0.6) is 0 Å². The van der Waals surface area contributed by atoms with Gasteiger partial charge in [0.25, 0.3) is 0 Å². The number of primary amides is 1. The normalized spacial score (nSPS) is 9.85. The van der Waals surface area contributed by atoms with E-state index < -0.39 is 0 Å². The number of anilines is 1. The van der Waals surface area contributed by atoms with Gasteiger partial charge < -0.3 is 11.1 Å². The highest BCUT2D eigenvalue weighted by atomic mass is 35.5. The van der Waals surface area contributed by atoms with Crippen LogP contribution in [0.1, 0.15) is 17.5 Å². The van der Waals surface area contributed by atoms with Crippen molar-refractivity contribution in [2.24, 2.45) is 5.73 Å². The molecule has 7 nitrogen and oxygen atoms in total. The van der Waals surface area contributed by atoms with E-state index in [2.05, 4.69) is 26.2 Å². The number of hydrogen-bond donors (Lipinski definition) is 3. The van der Waals surface area contributed by atoms with E-state index in [-0.39, 0.29) is 12.3 Å². The van der Waals surface area contributed by atoms with E-state index in [0.29, 0.717) is 23.7 Å². The Morgan fingerprint density at radius 2 is 1.85 bits per heavy atom. The summed E-state index contributed by atoms with van der Waals surface area (Å²) in [7, 11) is 0. The molecular formula is C19H20ClN5O2. The number of aryl methyl sites for hydroxylation is 1. The standard InChI is InChI=1S/C18H17ClN4O.CH3NO/c1-12-17(14-8-10-20-11-9-14)22-23-18(12)21-16(24)7-4-13-2-5-15(19)6-3-13;2-1-3/h2-3,5-6,8-11H,4,7H2,1H3,(H2,21,22,23,24);1H,(H2,2,3). The lowest BCUT2D eigenvalue weighted by molar-refractivity contribution is -0.116. The second-order valence-electron chi connectivity index (χ2n) is 5.62. The molecule has 0 aliphatic carbocycles. The van der Waals surface area contributed by atoms with Crippen molar-refractivity contribution in [3.63, 3.8) is 0 Å². The number of nitrogens with one attached hydrogen (secondary N) is 2. The average Bonchev–Trinajstić information content (AvgIpc) is 3.03. The Labute approximate surface area is 162 Å². The molecule has 0 bridgehead atoms. The van der Waals surface area contributed by atoms with Crippen molar-refractivity contribution in [3.8, 4) is 11.3 Å². The number of amides is 2. The first-order valence-electron chi connectivity index (χ1n) is 8.20. The molecule has 0 spiro atoms. The molecule has 0 aliphatic rings. The monoisotopic (exact) mass is 385 g/mol. The maximum atomic E-state index is 12.1. The van der Waals surface area contributed by atoms with Crippen molar-refractivity contribution in [2.75, 3.05) is 5.32 Å². The van der Waals surface area contributed by atoms with E-state index in [1.807, 2.05) is 43.3 Å². The zero-order chi connectivity index (χ0) is 19.6. The Morgan fingerprint density at radius 3 is 2.48 bits per heavy atom. The highest BCUT2D eigenvalue weighted by Crippen LogP contribution is 2.25. The maximum absolute atomic E-state index is 12.1. The van der Waals surface area contributed by atoms with Crippen molar-refractivity contribution in [1.82, 2.24) is 15.2 Å². The molecule has 0 unspecified atom stereocenters. The fourth-order valence-corrected chi connectivity index (χ4v) is 2.55. The summed E-state index contributed by atoms with van der Waals surface area (Å²) in [6.07, 6.45) is 4.74. The predicted molar refractivity (Wildman–Crippen MR) is 105 cm³/mol. The number of H-pyrrole nitrogens is 1. The molecule has 140 valence electrons. The SMILES string of the molecule is Cc1c(NC(=O)CCc2ccc(Cl)cc2)n[nH]c1-c1ccncc1.NC=O. The number of rotatable bonds is 5. The van der Waals surface area contributed by atoms with E-state index >= 15 is 0 Å². The van der Waals surface area contributed by atoms with E-state index in [1.165, 1.54) is 0 Å². The summed E-state index contributed by atoms with van der Waals surface area (Å²) >= 11 is 5.86. The van der Waals surface area contributed by atoms with Gasteiger partial charge in [0.1, 0.15) is 0 Å². The van der Waals surface area contributed by atoms with Crippen molar-refractivity contribution in [3.05, 3.63) is 64.9 Å². The molecule has 1 aromatic carbocycles. The van der Waals surface area contributed by atoms with Crippen LogP contribution in [0, 0.1) is 6.92 Å². The van der Waals surface area contributed by atoms with E-state index in [9.17, 15) is 4.79 Å². The number of pyridine rings is 1. The van der Waals surface area contributed by atoms with Crippen molar-refractivity contribution in [2.45, 2.75) is 19.8 Å². The first-order chi connectivity index (χ1) is 13.0. The molecule has 0 aliphatic heterocycles. The molecular weight excluding hydrogens is 366 g/mol. The van der Waals surface area contributed by atoms with Crippen LogP contribution in [0.25, 0.3) is 11.3 Å². The first-order valence-corrected chi connectivity index (χ1v) is 8.58. The van der Waals surface area contributed by atoms with Crippen LogP contribution in [0.2, 0.25) is 5.02 Å².